The molecule has 1 saturated heterocycles. The minimum Gasteiger partial charge on any atom is -0.369 e. The van der Waals surface area contributed by atoms with E-state index in [-0.39, 0.29) is 11.8 Å². The maximum absolute atomic E-state index is 10.8. The van der Waals surface area contributed by atoms with Crippen LogP contribution in [0.25, 0.3) is 0 Å². The average molecular weight is 268 g/mol. The lowest BCUT2D eigenvalue weighted by Crippen LogP contribution is -2.40. The van der Waals surface area contributed by atoms with Crippen molar-refractivity contribution in [3.8, 4) is 0 Å². The Hall–Kier alpha value is 0.160. The van der Waals surface area contributed by atoms with E-state index < -0.39 is 0 Å². The molecule has 1 aliphatic rings. The number of halogens is 1. The van der Waals surface area contributed by atoms with Crippen LogP contribution < -0.4 is 5.73 Å². The molecule has 3 nitrogen and oxygen atoms in total. The van der Waals surface area contributed by atoms with Crippen molar-refractivity contribution in [2.24, 2.45) is 11.7 Å². The summed E-state index contributed by atoms with van der Waals surface area (Å²) in [5.74, 6) is -0.0435. The molecule has 1 heterocycles. The number of rotatable bonds is 2. The second-order valence-corrected chi connectivity index (χ2v) is 3.62. The summed E-state index contributed by atoms with van der Waals surface area (Å²) >= 11 is 2.31. The van der Waals surface area contributed by atoms with Crippen LogP contribution in [0.2, 0.25) is 0 Å². The molecule has 0 aromatic rings. The van der Waals surface area contributed by atoms with Crippen molar-refractivity contribution in [2.75, 3.05) is 17.6 Å². The molecular weight excluding hydrogens is 255 g/mol. The number of carbonyl (C=O) groups excluding carboxylic acids is 1. The topological polar surface area (TPSA) is 46.3 Å². The normalized spacial score (nSPS) is 26.8. The molecule has 1 fully saturated rings. The van der Waals surface area contributed by atoms with Gasteiger partial charge in [0, 0.05) is 6.54 Å². The van der Waals surface area contributed by atoms with E-state index in [1.54, 1.807) is 0 Å². The van der Waals surface area contributed by atoms with Gasteiger partial charge in [-0.2, -0.15) is 0 Å². The fourth-order valence-corrected chi connectivity index (χ4v) is 2.02. The molecule has 64 valence electrons. The highest BCUT2D eigenvalue weighted by atomic mass is 127. The number of alkyl halides is 1. The van der Waals surface area contributed by atoms with E-state index in [1.807, 2.05) is 0 Å². The summed E-state index contributed by atoms with van der Waals surface area (Å²) in [5, 5.41) is 0. The second kappa shape index (κ2) is 4.25. The summed E-state index contributed by atoms with van der Waals surface area (Å²) < 4.78 is 1.00. The molecule has 1 aliphatic heterocycles. The van der Waals surface area contributed by atoms with Gasteiger partial charge in [0.25, 0.3) is 0 Å². The van der Waals surface area contributed by atoms with E-state index in [1.165, 1.54) is 0 Å². The van der Waals surface area contributed by atoms with Gasteiger partial charge in [-0.15, -0.1) is 0 Å². The van der Waals surface area contributed by atoms with E-state index in [9.17, 15) is 4.79 Å². The third kappa shape index (κ3) is 2.59. The van der Waals surface area contributed by atoms with Crippen molar-refractivity contribution in [2.45, 2.75) is 12.8 Å². The van der Waals surface area contributed by atoms with Gasteiger partial charge >= 0.3 is 0 Å². The average Bonchev–Trinajstić information content (AvgIpc) is 2.05. The Kier molecular flexibility index (Phi) is 3.58. The standard InChI is InChI=1S/C7H13IN2O/c8-5-10-3-1-2-6(4-10)7(9)11/h6H,1-5H2,(H2,9,11). The molecule has 1 atom stereocenters. The first-order valence-electron chi connectivity index (χ1n) is 3.81. The maximum Gasteiger partial charge on any atom is 0.221 e. The van der Waals surface area contributed by atoms with Gasteiger partial charge < -0.3 is 5.73 Å². The quantitative estimate of drug-likeness (QED) is 0.452. The van der Waals surface area contributed by atoms with Crippen molar-refractivity contribution in [1.82, 2.24) is 4.90 Å². The number of hydrogen-bond donors (Lipinski definition) is 1. The molecule has 1 unspecified atom stereocenters. The highest BCUT2D eigenvalue weighted by Crippen LogP contribution is 2.16. The molecule has 4 heteroatoms. The van der Waals surface area contributed by atoms with Gasteiger partial charge in [-0.05, 0) is 19.4 Å². The van der Waals surface area contributed by atoms with Crippen molar-refractivity contribution < 1.29 is 4.79 Å². The van der Waals surface area contributed by atoms with E-state index in [0.29, 0.717) is 0 Å². The largest absolute Gasteiger partial charge is 0.369 e. The summed E-state index contributed by atoms with van der Waals surface area (Å²) in [6.07, 6.45) is 2.08. The molecule has 0 aromatic carbocycles. The predicted octanol–water partition coefficient (Wildman–Crippen LogP) is 0.576. The highest BCUT2D eigenvalue weighted by molar-refractivity contribution is 14.1. The van der Waals surface area contributed by atoms with Crippen LogP contribution in [0.3, 0.4) is 0 Å². The molecule has 11 heavy (non-hydrogen) atoms. The molecule has 0 saturated carbocycles. The van der Waals surface area contributed by atoms with Crippen LogP contribution in [0.1, 0.15) is 12.8 Å². The molecule has 0 bridgehead atoms. The monoisotopic (exact) mass is 268 g/mol. The predicted molar refractivity (Wildman–Crippen MR) is 52.4 cm³/mol. The number of carbonyl (C=O) groups is 1. The van der Waals surface area contributed by atoms with Crippen molar-refractivity contribution in [1.29, 1.82) is 0 Å². The minimum atomic E-state index is -0.139. The number of primary amides is 1. The van der Waals surface area contributed by atoms with Gasteiger partial charge in [-0.25, -0.2) is 0 Å². The summed E-state index contributed by atoms with van der Waals surface area (Å²) in [4.78, 5) is 13.1. The van der Waals surface area contributed by atoms with Gasteiger partial charge in [0.15, 0.2) is 0 Å². The molecule has 0 aromatic heterocycles. The summed E-state index contributed by atoms with van der Waals surface area (Å²) in [5.41, 5.74) is 5.22. The van der Waals surface area contributed by atoms with Crippen LogP contribution in [0, 0.1) is 5.92 Å². The Morgan fingerprint density at radius 1 is 1.73 bits per heavy atom. The van der Waals surface area contributed by atoms with Gasteiger partial charge in [-0.1, -0.05) is 22.6 Å². The van der Waals surface area contributed by atoms with Crippen LogP contribution in [0.4, 0.5) is 0 Å². The molecule has 0 spiro atoms. The van der Waals surface area contributed by atoms with E-state index in [2.05, 4.69) is 27.5 Å². The number of hydrogen-bond acceptors (Lipinski definition) is 2. The SMILES string of the molecule is NC(=O)C1CCCN(CI)C1. The van der Waals surface area contributed by atoms with Crippen molar-refractivity contribution in [3.63, 3.8) is 0 Å². The zero-order valence-corrected chi connectivity index (χ0v) is 8.58. The van der Waals surface area contributed by atoms with Crippen LogP contribution in [0.15, 0.2) is 0 Å². The third-order valence-corrected chi connectivity index (χ3v) is 3.04. The maximum atomic E-state index is 10.8. The lowest BCUT2D eigenvalue weighted by molar-refractivity contribution is -0.123. The minimum absolute atomic E-state index is 0.0958. The van der Waals surface area contributed by atoms with Gasteiger partial charge in [0.1, 0.15) is 0 Å². The Labute approximate surface area is 80.4 Å². The first kappa shape index (κ1) is 9.25. The van der Waals surface area contributed by atoms with Crippen LogP contribution in [0.5, 0.6) is 0 Å². The Balaban J connectivity index is 2.39. The third-order valence-electron chi connectivity index (χ3n) is 2.08. The molecular formula is C7H13IN2O. The summed E-state index contributed by atoms with van der Waals surface area (Å²) in [7, 11) is 0. The smallest absolute Gasteiger partial charge is 0.221 e. The highest BCUT2D eigenvalue weighted by Gasteiger charge is 2.22. The summed E-state index contributed by atoms with van der Waals surface area (Å²) in [6.45, 7) is 1.98. The zero-order valence-electron chi connectivity index (χ0n) is 6.42. The first-order valence-corrected chi connectivity index (χ1v) is 5.34. The molecule has 2 N–H and O–H groups in total. The van der Waals surface area contributed by atoms with Crippen molar-refractivity contribution >= 4 is 28.5 Å². The fourth-order valence-electron chi connectivity index (χ4n) is 1.40. The van der Waals surface area contributed by atoms with Gasteiger partial charge in [0.2, 0.25) is 5.91 Å². The molecule has 0 aliphatic carbocycles. The van der Waals surface area contributed by atoms with E-state index >= 15 is 0 Å². The second-order valence-electron chi connectivity index (χ2n) is 2.94. The number of piperidine rings is 1. The van der Waals surface area contributed by atoms with E-state index in [0.717, 1.165) is 30.5 Å². The lowest BCUT2D eigenvalue weighted by Gasteiger charge is -2.29. The molecule has 0 radical (unpaired) electrons. The van der Waals surface area contributed by atoms with Crippen LogP contribution in [-0.2, 0) is 4.79 Å². The van der Waals surface area contributed by atoms with E-state index in [4.69, 9.17) is 5.73 Å². The molecule has 1 amide bonds. The van der Waals surface area contributed by atoms with Crippen LogP contribution >= 0.6 is 22.6 Å². The van der Waals surface area contributed by atoms with Gasteiger partial charge in [-0.3, -0.25) is 9.69 Å². The fraction of sp³-hybridized carbons (Fsp3) is 0.857. The Morgan fingerprint density at radius 2 is 2.45 bits per heavy atom. The summed E-state index contributed by atoms with van der Waals surface area (Å²) in [6, 6.07) is 0. The number of likely N-dealkylation sites (tertiary alicyclic amines) is 1. The lowest BCUT2D eigenvalue weighted by atomic mass is 9.98. The number of nitrogens with two attached hydrogens (primary N) is 1. The number of nitrogens with zero attached hydrogens (tertiary/aromatic N) is 1. The zero-order chi connectivity index (χ0) is 8.27. The Morgan fingerprint density at radius 3 is 3.00 bits per heavy atom. The Bertz CT molecular complexity index is 151. The number of amides is 1. The molecule has 1 rings (SSSR count). The van der Waals surface area contributed by atoms with Crippen LogP contribution in [-0.4, -0.2) is 28.4 Å². The van der Waals surface area contributed by atoms with Crippen molar-refractivity contribution in [3.05, 3.63) is 0 Å². The van der Waals surface area contributed by atoms with Gasteiger partial charge in [0.05, 0.1) is 10.5 Å². The first-order chi connectivity index (χ1) is 5.24.